The smallest absolute Gasteiger partial charge is 0.324 e. The Balaban J connectivity index is 2.29. The van der Waals surface area contributed by atoms with Crippen LogP contribution < -0.4 is 11.1 Å². The van der Waals surface area contributed by atoms with Crippen LogP contribution in [0.5, 0.6) is 0 Å². The first kappa shape index (κ1) is 10.9. The lowest BCUT2D eigenvalue weighted by Gasteiger charge is -2.33. The summed E-state index contributed by atoms with van der Waals surface area (Å²) < 4.78 is 38.1. The summed E-state index contributed by atoms with van der Waals surface area (Å²) in [6, 6.07) is -1.25. The van der Waals surface area contributed by atoms with Gasteiger partial charge in [-0.1, -0.05) is 6.08 Å². The van der Waals surface area contributed by atoms with Crippen molar-refractivity contribution < 1.29 is 13.2 Å². The van der Waals surface area contributed by atoms with Crippen LogP contribution in [0.4, 0.5) is 13.2 Å². The minimum atomic E-state index is -4.28. The van der Waals surface area contributed by atoms with E-state index in [9.17, 15) is 13.2 Å². The van der Waals surface area contributed by atoms with Crippen LogP contribution in [0.15, 0.2) is 11.6 Å². The fourth-order valence-electron chi connectivity index (χ4n) is 2.34. The largest absolute Gasteiger partial charge is 0.414 e. The molecule has 1 fully saturated rings. The van der Waals surface area contributed by atoms with Crippen molar-refractivity contribution in [1.82, 2.24) is 10.2 Å². The summed E-state index contributed by atoms with van der Waals surface area (Å²) in [6.45, 7) is 0.482. The van der Waals surface area contributed by atoms with E-state index in [4.69, 9.17) is 5.73 Å². The number of likely N-dealkylation sites (N-methyl/N-ethyl adjacent to an activating group) is 1. The van der Waals surface area contributed by atoms with Crippen molar-refractivity contribution in [3.05, 3.63) is 11.6 Å². The molecule has 86 valence electrons. The Morgan fingerprint density at radius 3 is 2.80 bits per heavy atom. The lowest BCUT2D eigenvalue weighted by Crippen LogP contribution is -2.47. The minimum absolute atomic E-state index is 0.137. The number of alkyl halides is 3. The summed E-state index contributed by atoms with van der Waals surface area (Å²) in [4.78, 5) is 1.88. The molecule has 2 aliphatic rings. The average Bonchev–Trinajstić information content (AvgIpc) is 2.45. The second kappa shape index (κ2) is 3.47. The minimum Gasteiger partial charge on any atom is -0.324 e. The molecule has 3 unspecified atom stereocenters. The van der Waals surface area contributed by atoms with Crippen molar-refractivity contribution in [2.24, 2.45) is 5.73 Å². The number of nitrogens with one attached hydrogen (secondary N) is 1. The molecular formula is C9H14F3N3. The molecule has 1 saturated heterocycles. The second-order valence-corrected chi connectivity index (χ2v) is 4.18. The molecule has 0 radical (unpaired) electrons. The standard InChI is InChI=1S/C9H14F3N3/c1-15-4-14-8-6(9(10,11)12)2-5(13)3-7(8)15/h2,5,7-8,14H,3-4,13H2,1H3. The molecule has 1 aliphatic heterocycles. The zero-order valence-corrected chi connectivity index (χ0v) is 8.38. The van der Waals surface area contributed by atoms with Crippen molar-refractivity contribution in [2.45, 2.75) is 30.7 Å². The molecule has 3 nitrogen and oxygen atoms in total. The fraction of sp³-hybridized carbons (Fsp3) is 0.778. The molecule has 0 spiro atoms. The first-order chi connectivity index (χ1) is 6.89. The zero-order chi connectivity index (χ0) is 11.2. The van der Waals surface area contributed by atoms with E-state index in [1.807, 2.05) is 11.9 Å². The molecule has 0 amide bonds. The highest BCUT2D eigenvalue weighted by atomic mass is 19.4. The first-order valence-corrected chi connectivity index (χ1v) is 4.87. The lowest BCUT2D eigenvalue weighted by atomic mass is 9.87. The van der Waals surface area contributed by atoms with Crippen molar-refractivity contribution in [2.75, 3.05) is 13.7 Å². The molecule has 0 aromatic carbocycles. The molecule has 0 aromatic rings. The third-order valence-electron chi connectivity index (χ3n) is 3.08. The Morgan fingerprint density at radius 1 is 1.53 bits per heavy atom. The van der Waals surface area contributed by atoms with Crippen LogP contribution in [0.3, 0.4) is 0 Å². The number of nitrogens with two attached hydrogens (primary N) is 1. The van der Waals surface area contributed by atoms with Gasteiger partial charge in [-0.05, 0) is 13.5 Å². The van der Waals surface area contributed by atoms with Gasteiger partial charge in [-0.2, -0.15) is 13.2 Å². The van der Waals surface area contributed by atoms with Gasteiger partial charge >= 0.3 is 6.18 Å². The average molecular weight is 221 g/mol. The van der Waals surface area contributed by atoms with E-state index in [1.54, 1.807) is 0 Å². The quantitative estimate of drug-likeness (QED) is 0.583. The monoisotopic (exact) mass is 221 g/mol. The first-order valence-electron chi connectivity index (χ1n) is 4.87. The molecule has 1 aliphatic carbocycles. The van der Waals surface area contributed by atoms with Gasteiger partial charge in [0.1, 0.15) is 0 Å². The lowest BCUT2D eigenvalue weighted by molar-refractivity contribution is -0.0985. The van der Waals surface area contributed by atoms with Crippen LogP contribution in [-0.2, 0) is 0 Å². The Bertz CT molecular complexity index is 287. The third kappa shape index (κ3) is 1.89. The van der Waals surface area contributed by atoms with Gasteiger partial charge in [0, 0.05) is 24.3 Å². The van der Waals surface area contributed by atoms with E-state index < -0.39 is 23.8 Å². The summed E-state index contributed by atoms with van der Waals surface area (Å²) in [7, 11) is 1.81. The number of fused-ring (bicyclic) bond motifs is 1. The Morgan fingerprint density at radius 2 is 2.20 bits per heavy atom. The van der Waals surface area contributed by atoms with Gasteiger partial charge in [0.15, 0.2) is 0 Å². The molecule has 0 saturated carbocycles. The van der Waals surface area contributed by atoms with Crippen molar-refractivity contribution in [3.63, 3.8) is 0 Å². The summed E-state index contributed by atoms with van der Waals surface area (Å²) in [5.74, 6) is 0. The molecule has 6 heteroatoms. The van der Waals surface area contributed by atoms with Gasteiger partial charge in [0.05, 0.1) is 6.04 Å². The van der Waals surface area contributed by atoms with Crippen LogP contribution in [0.2, 0.25) is 0 Å². The highest BCUT2D eigenvalue weighted by Crippen LogP contribution is 2.36. The Hall–Kier alpha value is -0.590. The maximum absolute atomic E-state index is 12.7. The summed E-state index contributed by atoms with van der Waals surface area (Å²) in [5.41, 5.74) is 5.09. The molecule has 0 aromatic heterocycles. The van der Waals surface area contributed by atoms with E-state index in [2.05, 4.69) is 5.32 Å². The van der Waals surface area contributed by atoms with E-state index >= 15 is 0 Å². The fourth-order valence-corrected chi connectivity index (χ4v) is 2.34. The summed E-state index contributed by atoms with van der Waals surface area (Å²) in [5, 5.41) is 2.87. The van der Waals surface area contributed by atoms with E-state index in [-0.39, 0.29) is 6.04 Å². The normalized spacial score (nSPS) is 37.7. The van der Waals surface area contributed by atoms with Crippen molar-refractivity contribution in [1.29, 1.82) is 0 Å². The van der Waals surface area contributed by atoms with E-state index in [1.165, 1.54) is 0 Å². The summed E-state index contributed by atoms with van der Waals surface area (Å²) >= 11 is 0. The molecule has 0 bridgehead atoms. The molecular weight excluding hydrogens is 207 g/mol. The predicted octanol–water partition coefficient (Wildman–Crippen LogP) is 0.436. The van der Waals surface area contributed by atoms with Gasteiger partial charge in [0.25, 0.3) is 0 Å². The topological polar surface area (TPSA) is 41.3 Å². The summed E-state index contributed by atoms with van der Waals surface area (Å²) in [6.07, 6.45) is -2.56. The Kier molecular flexibility index (Phi) is 2.52. The molecule has 2 rings (SSSR count). The van der Waals surface area contributed by atoms with E-state index in [0.29, 0.717) is 13.1 Å². The van der Waals surface area contributed by atoms with Crippen molar-refractivity contribution in [3.8, 4) is 0 Å². The molecule has 3 N–H and O–H groups in total. The molecule has 1 heterocycles. The maximum atomic E-state index is 12.7. The number of hydrogen-bond acceptors (Lipinski definition) is 3. The highest BCUT2D eigenvalue weighted by molar-refractivity contribution is 5.27. The van der Waals surface area contributed by atoms with Crippen LogP contribution in [-0.4, -0.2) is 42.9 Å². The third-order valence-corrected chi connectivity index (χ3v) is 3.08. The Labute approximate surface area is 86.1 Å². The SMILES string of the molecule is CN1CNC2C(C(F)(F)F)=CC(N)CC21. The zero-order valence-electron chi connectivity index (χ0n) is 8.38. The maximum Gasteiger partial charge on any atom is 0.414 e. The number of halogens is 3. The van der Waals surface area contributed by atoms with Crippen molar-refractivity contribution >= 4 is 0 Å². The van der Waals surface area contributed by atoms with E-state index in [0.717, 1.165) is 6.08 Å². The van der Waals surface area contributed by atoms with Crippen LogP contribution in [0, 0.1) is 0 Å². The van der Waals surface area contributed by atoms with Gasteiger partial charge in [-0.25, -0.2) is 0 Å². The van der Waals surface area contributed by atoms with Crippen LogP contribution in [0.25, 0.3) is 0 Å². The van der Waals surface area contributed by atoms with Gasteiger partial charge in [0.2, 0.25) is 0 Å². The predicted molar refractivity (Wildman–Crippen MR) is 50.1 cm³/mol. The number of nitrogens with zero attached hydrogens (tertiary/aromatic N) is 1. The highest BCUT2D eigenvalue weighted by Gasteiger charge is 2.47. The van der Waals surface area contributed by atoms with Crippen LogP contribution >= 0.6 is 0 Å². The van der Waals surface area contributed by atoms with Gasteiger partial charge in [-0.3, -0.25) is 10.2 Å². The van der Waals surface area contributed by atoms with Crippen LogP contribution in [0.1, 0.15) is 6.42 Å². The number of rotatable bonds is 0. The number of hydrogen-bond donors (Lipinski definition) is 2. The molecule has 15 heavy (non-hydrogen) atoms. The van der Waals surface area contributed by atoms with Gasteiger partial charge < -0.3 is 5.73 Å². The van der Waals surface area contributed by atoms with Gasteiger partial charge in [-0.15, -0.1) is 0 Å². The molecule has 3 atom stereocenters. The second-order valence-electron chi connectivity index (χ2n) is 4.18.